The molecule has 0 radical (unpaired) electrons. The van der Waals surface area contributed by atoms with Crippen LogP contribution in [0.5, 0.6) is 0 Å². The average molecular weight is 210 g/mol. The van der Waals surface area contributed by atoms with Crippen molar-refractivity contribution in [2.24, 2.45) is 7.05 Å². The molecule has 0 aliphatic rings. The second-order valence-electron chi connectivity index (χ2n) is 3.01. The van der Waals surface area contributed by atoms with Crippen LogP contribution in [0.2, 0.25) is 0 Å². The Morgan fingerprint density at radius 3 is 3.07 bits per heavy atom. The number of rotatable bonds is 3. The van der Waals surface area contributed by atoms with Gasteiger partial charge in [-0.2, -0.15) is 8.75 Å². The lowest BCUT2D eigenvalue weighted by molar-refractivity contribution is 0.171. The fourth-order valence-corrected chi connectivity index (χ4v) is 1.65. The van der Waals surface area contributed by atoms with Crippen molar-refractivity contribution >= 4 is 11.7 Å². The second kappa shape index (κ2) is 3.85. The first-order valence-electron chi connectivity index (χ1n) is 4.19. The van der Waals surface area contributed by atoms with E-state index in [1.54, 1.807) is 12.4 Å². The van der Waals surface area contributed by atoms with Crippen molar-refractivity contribution in [3.05, 3.63) is 30.1 Å². The molecule has 0 amide bonds. The maximum atomic E-state index is 9.76. The summed E-state index contributed by atoms with van der Waals surface area (Å²) in [6.07, 6.45) is 4.99. The van der Waals surface area contributed by atoms with Gasteiger partial charge in [0.1, 0.15) is 17.6 Å². The van der Waals surface area contributed by atoms with E-state index in [4.69, 9.17) is 0 Å². The van der Waals surface area contributed by atoms with Crippen LogP contribution in [0.3, 0.4) is 0 Å². The number of aryl methyl sites for hydroxylation is 1. The molecule has 0 saturated carbocycles. The first kappa shape index (κ1) is 9.29. The van der Waals surface area contributed by atoms with Crippen LogP contribution in [-0.4, -0.2) is 23.4 Å². The van der Waals surface area contributed by atoms with Crippen LogP contribution in [0.15, 0.2) is 18.6 Å². The molecule has 0 spiro atoms. The number of aromatic nitrogens is 4. The first-order chi connectivity index (χ1) is 6.77. The number of aliphatic hydroxyl groups is 1. The maximum Gasteiger partial charge on any atom is 0.111 e. The van der Waals surface area contributed by atoms with Crippen LogP contribution in [0.25, 0.3) is 0 Å². The van der Waals surface area contributed by atoms with E-state index in [9.17, 15) is 5.11 Å². The fourth-order valence-electron chi connectivity index (χ4n) is 1.19. The summed E-state index contributed by atoms with van der Waals surface area (Å²) in [4.78, 5) is 4.12. The summed E-state index contributed by atoms with van der Waals surface area (Å²) >= 11 is 1.10. The van der Waals surface area contributed by atoms with Gasteiger partial charge in [0.25, 0.3) is 0 Å². The molecule has 5 nitrogen and oxygen atoms in total. The summed E-state index contributed by atoms with van der Waals surface area (Å²) in [6, 6.07) is 0. The molecular weight excluding hydrogens is 200 g/mol. The minimum atomic E-state index is -0.616. The van der Waals surface area contributed by atoms with Crippen molar-refractivity contribution in [1.82, 2.24) is 18.3 Å². The highest BCUT2D eigenvalue weighted by Crippen LogP contribution is 2.14. The minimum Gasteiger partial charge on any atom is -0.386 e. The van der Waals surface area contributed by atoms with Gasteiger partial charge in [-0.3, -0.25) is 0 Å². The van der Waals surface area contributed by atoms with Gasteiger partial charge in [0, 0.05) is 25.9 Å². The number of hydrogen-bond acceptors (Lipinski definition) is 5. The molecule has 74 valence electrons. The summed E-state index contributed by atoms with van der Waals surface area (Å²) < 4.78 is 9.69. The minimum absolute atomic E-state index is 0.467. The number of nitrogens with zero attached hydrogens (tertiary/aromatic N) is 4. The summed E-state index contributed by atoms with van der Waals surface area (Å²) in [6.45, 7) is 0. The van der Waals surface area contributed by atoms with E-state index < -0.39 is 6.10 Å². The third-order valence-electron chi connectivity index (χ3n) is 2.02. The maximum absolute atomic E-state index is 9.76. The Kier molecular flexibility index (Phi) is 2.55. The van der Waals surface area contributed by atoms with Gasteiger partial charge >= 0.3 is 0 Å². The van der Waals surface area contributed by atoms with Gasteiger partial charge in [0.05, 0.1) is 17.9 Å². The van der Waals surface area contributed by atoms with Gasteiger partial charge in [0.15, 0.2) is 0 Å². The molecule has 2 aromatic rings. The van der Waals surface area contributed by atoms with E-state index in [2.05, 4.69) is 13.7 Å². The van der Waals surface area contributed by atoms with Gasteiger partial charge < -0.3 is 9.67 Å². The molecule has 0 fully saturated rings. The topological polar surface area (TPSA) is 63.8 Å². The molecular formula is C8H10N4OS. The van der Waals surface area contributed by atoms with Gasteiger partial charge in [-0.05, 0) is 0 Å². The van der Waals surface area contributed by atoms with E-state index >= 15 is 0 Å². The van der Waals surface area contributed by atoms with E-state index in [0.29, 0.717) is 12.1 Å². The zero-order valence-corrected chi connectivity index (χ0v) is 8.48. The molecule has 1 N–H and O–H groups in total. The molecule has 1 atom stereocenters. The van der Waals surface area contributed by atoms with Crippen LogP contribution in [0.4, 0.5) is 0 Å². The molecule has 0 saturated heterocycles. The highest BCUT2D eigenvalue weighted by molar-refractivity contribution is 6.99. The van der Waals surface area contributed by atoms with Crippen molar-refractivity contribution < 1.29 is 5.11 Å². The zero-order chi connectivity index (χ0) is 9.97. The third-order valence-corrected chi connectivity index (χ3v) is 2.51. The molecule has 0 aliphatic heterocycles. The normalized spacial score (nSPS) is 13.0. The Morgan fingerprint density at radius 1 is 1.64 bits per heavy atom. The highest BCUT2D eigenvalue weighted by atomic mass is 32.1. The Balaban J connectivity index is 2.09. The second-order valence-corrected chi connectivity index (χ2v) is 3.56. The van der Waals surface area contributed by atoms with Crippen molar-refractivity contribution in [2.45, 2.75) is 12.5 Å². The largest absolute Gasteiger partial charge is 0.386 e. The predicted molar refractivity (Wildman–Crippen MR) is 51.8 cm³/mol. The molecule has 1 unspecified atom stereocenters. The first-order valence-corrected chi connectivity index (χ1v) is 4.92. The molecule has 0 bridgehead atoms. The van der Waals surface area contributed by atoms with Crippen LogP contribution in [-0.2, 0) is 13.5 Å². The number of hydrogen-bond donors (Lipinski definition) is 1. The number of imidazole rings is 1. The summed E-state index contributed by atoms with van der Waals surface area (Å²) in [5, 5.41) is 9.76. The van der Waals surface area contributed by atoms with Crippen molar-refractivity contribution in [3.8, 4) is 0 Å². The van der Waals surface area contributed by atoms with E-state index in [1.165, 1.54) is 0 Å². The lowest BCUT2D eigenvalue weighted by Crippen LogP contribution is -2.06. The van der Waals surface area contributed by atoms with Gasteiger partial charge in [-0.15, -0.1) is 0 Å². The van der Waals surface area contributed by atoms with E-state index in [0.717, 1.165) is 17.6 Å². The molecule has 2 heterocycles. The highest BCUT2D eigenvalue weighted by Gasteiger charge is 2.13. The smallest absolute Gasteiger partial charge is 0.111 e. The van der Waals surface area contributed by atoms with Crippen molar-refractivity contribution in [1.29, 1.82) is 0 Å². The quantitative estimate of drug-likeness (QED) is 0.803. The number of aliphatic hydroxyl groups excluding tert-OH is 1. The standard InChI is InChI=1S/C8H10N4OS/c1-12-3-2-9-8(12)4-7(13)6-5-10-14-11-6/h2-3,5,7,13H,4H2,1H3. The summed E-state index contributed by atoms with van der Waals surface area (Å²) in [5.74, 6) is 0.838. The van der Waals surface area contributed by atoms with Crippen LogP contribution >= 0.6 is 11.7 Å². The Hall–Kier alpha value is -1.27. The predicted octanol–water partition coefficient (Wildman–Crippen LogP) is 0.548. The van der Waals surface area contributed by atoms with E-state index in [1.807, 2.05) is 17.8 Å². The fraction of sp³-hybridized carbons (Fsp3) is 0.375. The molecule has 2 rings (SSSR count). The van der Waals surface area contributed by atoms with E-state index in [-0.39, 0.29) is 0 Å². The Morgan fingerprint density at radius 2 is 2.50 bits per heavy atom. The van der Waals surface area contributed by atoms with Gasteiger partial charge in [0.2, 0.25) is 0 Å². The van der Waals surface area contributed by atoms with Crippen molar-refractivity contribution in [2.75, 3.05) is 0 Å². The monoisotopic (exact) mass is 210 g/mol. The molecule has 2 aromatic heterocycles. The molecule has 6 heteroatoms. The van der Waals surface area contributed by atoms with Crippen LogP contribution in [0.1, 0.15) is 17.6 Å². The average Bonchev–Trinajstić information content (AvgIpc) is 2.77. The zero-order valence-electron chi connectivity index (χ0n) is 7.66. The Labute approximate surface area is 85.4 Å². The van der Waals surface area contributed by atoms with Crippen molar-refractivity contribution in [3.63, 3.8) is 0 Å². The summed E-state index contributed by atoms with van der Waals surface area (Å²) in [7, 11) is 1.90. The summed E-state index contributed by atoms with van der Waals surface area (Å²) in [5.41, 5.74) is 0.609. The lowest BCUT2D eigenvalue weighted by Gasteiger charge is -2.06. The van der Waals surface area contributed by atoms with Crippen LogP contribution < -0.4 is 0 Å². The Bertz CT molecular complexity index is 397. The third kappa shape index (κ3) is 1.80. The SMILES string of the molecule is Cn1ccnc1CC(O)c1cnsn1. The molecule has 0 aromatic carbocycles. The van der Waals surface area contributed by atoms with Crippen LogP contribution in [0, 0.1) is 0 Å². The van der Waals surface area contributed by atoms with Gasteiger partial charge in [-0.25, -0.2) is 4.98 Å². The van der Waals surface area contributed by atoms with Gasteiger partial charge in [-0.1, -0.05) is 0 Å². The molecule has 14 heavy (non-hydrogen) atoms. The molecule has 0 aliphatic carbocycles. The lowest BCUT2D eigenvalue weighted by atomic mass is 10.2.